The molecule has 4 heteroatoms. The van der Waals surface area contributed by atoms with Gasteiger partial charge in [0, 0.05) is 45.3 Å². The number of halogens is 1. The first-order valence-electron chi connectivity index (χ1n) is 8.82. The maximum absolute atomic E-state index is 13.2. The number of ketones is 2. The molecule has 5 rings (SSSR count). The molecule has 3 nitrogen and oxygen atoms in total. The van der Waals surface area contributed by atoms with Crippen LogP contribution in [0.4, 0.5) is 0 Å². The van der Waals surface area contributed by atoms with Crippen molar-refractivity contribution in [3.63, 3.8) is 0 Å². The van der Waals surface area contributed by atoms with E-state index in [1.54, 1.807) is 0 Å². The van der Waals surface area contributed by atoms with Gasteiger partial charge in [-0.1, -0.05) is 48.0 Å². The van der Waals surface area contributed by atoms with Crippen LogP contribution in [0, 0.1) is 0 Å². The molecule has 0 amide bonds. The van der Waals surface area contributed by atoms with Crippen molar-refractivity contribution >= 4 is 28.9 Å². The Labute approximate surface area is 156 Å². The summed E-state index contributed by atoms with van der Waals surface area (Å²) in [5.74, 6) is -0.232. The van der Waals surface area contributed by atoms with E-state index >= 15 is 0 Å². The number of nitrogens with one attached hydrogen (secondary N) is 1. The van der Waals surface area contributed by atoms with Crippen LogP contribution in [0.2, 0.25) is 5.02 Å². The number of hydrogen-bond donors (Lipinski definition) is 1. The molecular formula is C22H16ClNO2. The summed E-state index contributed by atoms with van der Waals surface area (Å²) in [6, 6.07) is 15.1. The number of carbonyl (C=O) groups is 2. The highest BCUT2D eigenvalue weighted by molar-refractivity contribution is 6.30. The number of allylic oxidation sites excluding steroid dienone is 3. The zero-order valence-electron chi connectivity index (χ0n) is 14.0. The van der Waals surface area contributed by atoms with Crippen LogP contribution in [0.1, 0.15) is 46.7 Å². The van der Waals surface area contributed by atoms with Crippen molar-refractivity contribution in [1.82, 2.24) is 5.32 Å². The van der Waals surface area contributed by atoms with Gasteiger partial charge < -0.3 is 5.32 Å². The van der Waals surface area contributed by atoms with Crippen LogP contribution in [-0.4, -0.2) is 11.6 Å². The van der Waals surface area contributed by atoms with E-state index < -0.39 is 0 Å². The van der Waals surface area contributed by atoms with Crippen LogP contribution < -0.4 is 5.32 Å². The molecule has 1 heterocycles. The first-order chi connectivity index (χ1) is 12.6. The minimum absolute atomic E-state index is 0.00185. The SMILES string of the molecule is O=C1CCCC2=C1C(c1cccc(Cl)c1)C1=C(N2)c2ccccc2C1=O. The minimum atomic E-state index is -0.354. The lowest BCUT2D eigenvalue weighted by Gasteiger charge is -2.33. The number of benzene rings is 2. The zero-order valence-corrected chi connectivity index (χ0v) is 14.8. The number of Topliss-reactive ketones (excluding diaryl/α,β-unsaturated/α-hetero) is 2. The third kappa shape index (κ3) is 2.14. The van der Waals surface area contributed by atoms with Crippen molar-refractivity contribution in [2.75, 3.05) is 0 Å². The maximum atomic E-state index is 13.2. The van der Waals surface area contributed by atoms with Gasteiger partial charge in [0.05, 0.1) is 5.70 Å². The van der Waals surface area contributed by atoms with Gasteiger partial charge >= 0.3 is 0 Å². The van der Waals surface area contributed by atoms with Crippen LogP contribution in [0.5, 0.6) is 0 Å². The lowest BCUT2D eigenvalue weighted by molar-refractivity contribution is -0.116. The highest BCUT2D eigenvalue weighted by atomic mass is 35.5. The molecule has 1 N–H and O–H groups in total. The molecule has 1 aliphatic heterocycles. The quantitative estimate of drug-likeness (QED) is 0.804. The Bertz CT molecular complexity index is 1050. The first kappa shape index (κ1) is 15.6. The van der Waals surface area contributed by atoms with E-state index in [1.807, 2.05) is 48.5 Å². The topological polar surface area (TPSA) is 46.2 Å². The summed E-state index contributed by atoms with van der Waals surface area (Å²) in [7, 11) is 0. The summed E-state index contributed by atoms with van der Waals surface area (Å²) in [5.41, 5.74) is 5.73. The second-order valence-electron chi connectivity index (χ2n) is 6.95. The van der Waals surface area contributed by atoms with Crippen molar-refractivity contribution in [3.8, 4) is 0 Å². The Balaban J connectivity index is 1.77. The molecule has 128 valence electrons. The average Bonchev–Trinajstić information content (AvgIpc) is 2.93. The van der Waals surface area contributed by atoms with Crippen LogP contribution in [0.15, 0.2) is 65.4 Å². The molecule has 2 aromatic carbocycles. The van der Waals surface area contributed by atoms with Gasteiger partial charge in [0.25, 0.3) is 0 Å². The van der Waals surface area contributed by atoms with E-state index in [2.05, 4.69) is 5.32 Å². The molecule has 0 radical (unpaired) electrons. The highest BCUT2D eigenvalue weighted by Crippen LogP contribution is 2.48. The van der Waals surface area contributed by atoms with Crippen molar-refractivity contribution < 1.29 is 9.59 Å². The van der Waals surface area contributed by atoms with Crippen molar-refractivity contribution in [2.24, 2.45) is 0 Å². The number of hydrogen-bond acceptors (Lipinski definition) is 3. The Morgan fingerprint density at radius 3 is 2.54 bits per heavy atom. The van der Waals surface area contributed by atoms with Gasteiger partial charge in [-0.15, -0.1) is 0 Å². The van der Waals surface area contributed by atoms with Gasteiger partial charge in [-0.05, 0) is 30.5 Å². The fraction of sp³-hybridized carbons (Fsp3) is 0.182. The molecular weight excluding hydrogens is 346 g/mol. The van der Waals surface area contributed by atoms with Crippen molar-refractivity contribution in [1.29, 1.82) is 0 Å². The first-order valence-corrected chi connectivity index (χ1v) is 9.20. The summed E-state index contributed by atoms with van der Waals surface area (Å²) in [4.78, 5) is 26.0. The Kier molecular flexibility index (Phi) is 3.41. The van der Waals surface area contributed by atoms with Gasteiger partial charge in [0.2, 0.25) is 0 Å². The molecule has 26 heavy (non-hydrogen) atoms. The van der Waals surface area contributed by atoms with Crippen LogP contribution in [0.3, 0.4) is 0 Å². The summed E-state index contributed by atoms with van der Waals surface area (Å²) < 4.78 is 0. The molecule has 1 atom stereocenters. The van der Waals surface area contributed by atoms with Crippen molar-refractivity contribution in [2.45, 2.75) is 25.2 Å². The number of fused-ring (bicyclic) bond motifs is 2. The van der Waals surface area contributed by atoms with Crippen molar-refractivity contribution in [3.05, 3.63) is 87.1 Å². The molecule has 3 aliphatic rings. The van der Waals surface area contributed by atoms with Gasteiger partial charge in [0.15, 0.2) is 11.6 Å². The molecule has 0 fully saturated rings. The van der Waals surface area contributed by atoms with Gasteiger partial charge in [0.1, 0.15) is 0 Å². The monoisotopic (exact) mass is 361 g/mol. The maximum Gasteiger partial charge on any atom is 0.192 e. The second kappa shape index (κ2) is 5.68. The molecule has 2 aliphatic carbocycles. The lowest BCUT2D eigenvalue weighted by atomic mass is 9.75. The summed E-state index contributed by atoms with van der Waals surface area (Å²) in [6.07, 6.45) is 2.19. The van der Waals surface area contributed by atoms with E-state index in [9.17, 15) is 9.59 Å². The van der Waals surface area contributed by atoms with Crippen LogP contribution >= 0.6 is 11.6 Å². The van der Waals surface area contributed by atoms with Gasteiger partial charge in [-0.2, -0.15) is 0 Å². The normalized spacial score (nSPS) is 21.3. The minimum Gasteiger partial charge on any atom is -0.358 e. The summed E-state index contributed by atoms with van der Waals surface area (Å²) in [6.45, 7) is 0. The highest BCUT2D eigenvalue weighted by Gasteiger charge is 2.43. The van der Waals surface area contributed by atoms with Gasteiger partial charge in [-0.3, -0.25) is 9.59 Å². The Morgan fingerprint density at radius 1 is 0.923 bits per heavy atom. The third-order valence-electron chi connectivity index (χ3n) is 5.45. The van der Waals surface area contributed by atoms with E-state index in [4.69, 9.17) is 11.6 Å². The van der Waals surface area contributed by atoms with Crippen LogP contribution in [-0.2, 0) is 4.79 Å². The molecule has 1 unspecified atom stereocenters. The summed E-state index contributed by atoms with van der Waals surface area (Å²) >= 11 is 6.23. The molecule has 2 aromatic rings. The molecule has 0 aromatic heterocycles. The summed E-state index contributed by atoms with van der Waals surface area (Å²) in [5, 5.41) is 4.04. The second-order valence-corrected chi connectivity index (χ2v) is 7.38. The van der Waals surface area contributed by atoms with Crippen LogP contribution in [0.25, 0.3) is 5.70 Å². The fourth-order valence-corrected chi connectivity index (χ4v) is 4.55. The van der Waals surface area contributed by atoms with Gasteiger partial charge in [-0.25, -0.2) is 0 Å². The fourth-order valence-electron chi connectivity index (χ4n) is 4.36. The number of rotatable bonds is 1. The predicted molar refractivity (Wildman–Crippen MR) is 101 cm³/mol. The molecule has 0 spiro atoms. The zero-order chi connectivity index (χ0) is 17.8. The number of carbonyl (C=O) groups excluding carboxylic acids is 2. The standard InChI is InChI=1S/C22H16ClNO2/c23-13-6-3-5-12(11-13)18-19-16(9-4-10-17(19)25)24-21-14-7-1-2-8-15(14)22(26)20(18)21/h1-3,5-8,11,18,24H,4,9-10H2. The average molecular weight is 362 g/mol. The molecule has 0 saturated carbocycles. The molecule has 0 bridgehead atoms. The smallest absolute Gasteiger partial charge is 0.192 e. The Morgan fingerprint density at radius 2 is 1.73 bits per heavy atom. The van der Waals surface area contributed by atoms with E-state index in [0.717, 1.165) is 40.9 Å². The number of dihydropyridines is 1. The molecule has 0 saturated heterocycles. The van der Waals surface area contributed by atoms with E-state index in [0.29, 0.717) is 22.6 Å². The third-order valence-corrected chi connectivity index (χ3v) is 5.68. The van der Waals surface area contributed by atoms with E-state index in [1.165, 1.54) is 0 Å². The largest absolute Gasteiger partial charge is 0.358 e. The lowest BCUT2D eigenvalue weighted by Crippen LogP contribution is -2.31. The van der Waals surface area contributed by atoms with E-state index in [-0.39, 0.29) is 17.5 Å². The predicted octanol–water partition coefficient (Wildman–Crippen LogP) is 4.64. The Hall–Kier alpha value is -2.65.